The minimum atomic E-state index is -0.373. The number of hydrogen-bond donors (Lipinski definition) is 1. The molecule has 2 rings (SSSR count). The maximum Gasteiger partial charge on any atom is 0.246 e. The molecule has 0 spiro atoms. The molecule has 0 radical (unpaired) electrons. The third-order valence-electron chi connectivity index (χ3n) is 3.37. The first-order valence-corrected chi connectivity index (χ1v) is 5.85. The van der Waals surface area contributed by atoms with Gasteiger partial charge in [-0.3, -0.25) is 9.59 Å². The SMILES string of the molecule is CCC1NC(=O)C(C)N(C2CCOC2)C1=O. The van der Waals surface area contributed by atoms with Gasteiger partial charge in [-0.15, -0.1) is 0 Å². The van der Waals surface area contributed by atoms with Crippen molar-refractivity contribution in [2.45, 2.75) is 44.8 Å². The standard InChI is InChI=1S/C11H18N2O3/c1-3-9-11(15)13(7(2)10(14)12-9)8-4-5-16-6-8/h7-9H,3-6H2,1-2H3,(H,12,14). The molecule has 0 bridgehead atoms. The zero-order chi connectivity index (χ0) is 11.7. The van der Waals surface area contributed by atoms with E-state index in [1.54, 1.807) is 11.8 Å². The Morgan fingerprint density at radius 1 is 1.50 bits per heavy atom. The quantitative estimate of drug-likeness (QED) is 0.715. The summed E-state index contributed by atoms with van der Waals surface area (Å²) < 4.78 is 5.29. The predicted molar refractivity (Wildman–Crippen MR) is 57.8 cm³/mol. The fourth-order valence-electron chi connectivity index (χ4n) is 2.37. The molecule has 5 heteroatoms. The average molecular weight is 226 g/mol. The molecule has 3 atom stereocenters. The van der Waals surface area contributed by atoms with Crippen LogP contribution in [-0.4, -0.2) is 48.1 Å². The highest BCUT2D eigenvalue weighted by molar-refractivity contribution is 5.96. The van der Waals surface area contributed by atoms with Gasteiger partial charge >= 0.3 is 0 Å². The van der Waals surface area contributed by atoms with Crippen molar-refractivity contribution in [3.63, 3.8) is 0 Å². The van der Waals surface area contributed by atoms with Crippen LogP contribution in [0.15, 0.2) is 0 Å². The number of carbonyl (C=O) groups is 2. The molecule has 2 aliphatic rings. The molecule has 0 aromatic carbocycles. The van der Waals surface area contributed by atoms with E-state index in [-0.39, 0.29) is 29.9 Å². The summed E-state index contributed by atoms with van der Waals surface area (Å²) in [6.07, 6.45) is 1.47. The number of carbonyl (C=O) groups excluding carboxylic acids is 2. The van der Waals surface area contributed by atoms with Gasteiger partial charge in [-0.1, -0.05) is 6.92 Å². The number of ether oxygens (including phenoxy) is 1. The van der Waals surface area contributed by atoms with Gasteiger partial charge in [0.1, 0.15) is 12.1 Å². The topological polar surface area (TPSA) is 58.6 Å². The summed E-state index contributed by atoms with van der Waals surface area (Å²) in [6, 6.07) is -0.658. The van der Waals surface area contributed by atoms with Crippen LogP contribution < -0.4 is 5.32 Å². The maximum atomic E-state index is 12.2. The zero-order valence-corrected chi connectivity index (χ0v) is 9.73. The van der Waals surface area contributed by atoms with E-state index in [0.29, 0.717) is 19.6 Å². The summed E-state index contributed by atoms with van der Waals surface area (Å²) in [7, 11) is 0. The molecule has 0 aliphatic carbocycles. The van der Waals surface area contributed by atoms with Crippen LogP contribution in [0.4, 0.5) is 0 Å². The third kappa shape index (κ3) is 1.80. The van der Waals surface area contributed by atoms with Crippen LogP contribution in [0.5, 0.6) is 0 Å². The molecular formula is C11H18N2O3. The average Bonchev–Trinajstić information content (AvgIpc) is 2.77. The molecule has 0 saturated carbocycles. The van der Waals surface area contributed by atoms with E-state index in [0.717, 1.165) is 6.42 Å². The van der Waals surface area contributed by atoms with Gasteiger partial charge in [0.2, 0.25) is 11.8 Å². The molecule has 16 heavy (non-hydrogen) atoms. The fraction of sp³-hybridized carbons (Fsp3) is 0.818. The Hall–Kier alpha value is -1.10. The molecule has 90 valence electrons. The molecule has 2 amide bonds. The van der Waals surface area contributed by atoms with Crippen molar-refractivity contribution < 1.29 is 14.3 Å². The third-order valence-corrected chi connectivity index (χ3v) is 3.37. The number of rotatable bonds is 2. The van der Waals surface area contributed by atoms with E-state index in [2.05, 4.69) is 5.32 Å². The van der Waals surface area contributed by atoms with E-state index in [4.69, 9.17) is 4.74 Å². The summed E-state index contributed by atoms with van der Waals surface area (Å²) in [4.78, 5) is 25.6. The van der Waals surface area contributed by atoms with E-state index < -0.39 is 0 Å². The van der Waals surface area contributed by atoms with Crippen molar-refractivity contribution in [3.05, 3.63) is 0 Å². The van der Waals surface area contributed by atoms with Crippen molar-refractivity contribution in [1.82, 2.24) is 10.2 Å². The molecule has 0 aromatic rings. The van der Waals surface area contributed by atoms with Crippen molar-refractivity contribution in [2.24, 2.45) is 0 Å². The first kappa shape index (κ1) is 11.4. The lowest BCUT2D eigenvalue weighted by Gasteiger charge is -2.40. The smallest absolute Gasteiger partial charge is 0.246 e. The molecule has 2 fully saturated rings. The molecule has 1 N–H and O–H groups in total. The summed E-state index contributed by atoms with van der Waals surface area (Å²) >= 11 is 0. The molecule has 2 aliphatic heterocycles. The molecule has 3 unspecified atom stereocenters. The predicted octanol–water partition coefficient (Wildman–Crippen LogP) is -0.0992. The zero-order valence-electron chi connectivity index (χ0n) is 9.73. The number of hydrogen-bond acceptors (Lipinski definition) is 3. The van der Waals surface area contributed by atoms with Crippen LogP contribution in [0.25, 0.3) is 0 Å². The van der Waals surface area contributed by atoms with Crippen molar-refractivity contribution in [3.8, 4) is 0 Å². The fourth-order valence-corrected chi connectivity index (χ4v) is 2.37. The normalized spacial score (nSPS) is 35.4. The minimum absolute atomic E-state index is 0.0325. The van der Waals surface area contributed by atoms with Gasteiger partial charge in [0.15, 0.2) is 0 Å². The molecule has 2 heterocycles. The molecule has 2 saturated heterocycles. The van der Waals surface area contributed by atoms with Crippen LogP contribution in [-0.2, 0) is 14.3 Å². The van der Waals surface area contributed by atoms with Crippen molar-refractivity contribution in [2.75, 3.05) is 13.2 Å². The Bertz CT molecular complexity index is 300. The molecule has 5 nitrogen and oxygen atoms in total. The summed E-state index contributed by atoms with van der Waals surface area (Å²) in [6.45, 7) is 4.92. The first-order chi connectivity index (χ1) is 7.65. The Balaban J connectivity index is 2.18. The second kappa shape index (κ2) is 4.41. The largest absolute Gasteiger partial charge is 0.379 e. The number of piperazine rings is 1. The van der Waals surface area contributed by atoms with Gasteiger partial charge in [-0.2, -0.15) is 0 Å². The van der Waals surface area contributed by atoms with E-state index >= 15 is 0 Å². The Morgan fingerprint density at radius 3 is 2.81 bits per heavy atom. The van der Waals surface area contributed by atoms with Gasteiger partial charge in [0.05, 0.1) is 12.6 Å². The van der Waals surface area contributed by atoms with Gasteiger partial charge < -0.3 is 15.0 Å². The van der Waals surface area contributed by atoms with Crippen LogP contribution in [0, 0.1) is 0 Å². The van der Waals surface area contributed by atoms with Crippen molar-refractivity contribution >= 4 is 11.8 Å². The highest BCUT2D eigenvalue weighted by Gasteiger charge is 2.41. The Labute approximate surface area is 95.1 Å². The lowest BCUT2D eigenvalue weighted by Crippen LogP contribution is -2.64. The lowest BCUT2D eigenvalue weighted by molar-refractivity contribution is -0.151. The minimum Gasteiger partial charge on any atom is -0.379 e. The second-order valence-electron chi connectivity index (χ2n) is 4.41. The number of nitrogens with zero attached hydrogens (tertiary/aromatic N) is 1. The monoisotopic (exact) mass is 226 g/mol. The van der Waals surface area contributed by atoms with Gasteiger partial charge in [-0.25, -0.2) is 0 Å². The van der Waals surface area contributed by atoms with Crippen molar-refractivity contribution in [1.29, 1.82) is 0 Å². The maximum absolute atomic E-state index is 12.2. The Kier molecular flexibility index (Phi) is 3.14. The van der Waals surface area contributed by atoms with Gasteiger partial charge in [0.25, 0.3) is 0 Å². The number of amides is 2. The van der Waals surface area contributed by atoms with E-state index in [1.807, 2.05) is 6.92 Å². The van der Waals surface area contributed by atoms with Crippen LogP contribution in [0.3, 0.4) is 0 Å². The Morgan fingerprint density at radius 2 is 2.25 bits per heavy atom. The lowest BCUT2D eigenvalue weighted by atomic mass is 10.0. The number of nitrogens with one attached hydrogen (secondary N) is 1. The summed E-state index contributed by atoms with van der Waals surface area (Å²) in [5.74, 6) is -0.0246. The van der Waals surface area contributed by atoms with Gasteiger partial charge in [0, 0.05) is 6.61 Å². The first-order valence-electron chi connectivity index (χ1n) is 5.85. The van der Waals surface area contributed by atoms with Crippen LogP contribution in [0.2, 0.25) is 0 Å². The van der Waals surface area contributed by atoms with Crippen LogP contribution in [0.1, 0.15) is 26.7 Å². The highest BCUT2D eigenvalue weighted by Crippen LogP contribution is 2.20. The molecule has 0 aromatic heterocycles. The van der Waals surface area contributed by atoms with E-state index in [9.17, 15) is 9.59 Å². The summed E-state index contributed by atoms with van der Waals surface area (Å²) in [5.41, 5.74) is 0. The van der Waals surface area contributed by atoms with Gasteiger partial charge in [-0.05, 0) is 19.8 Å². The summed E-state index contributed by atoms with van der Waals surface area (Å²) in [5, 5.41) is 2.75. The van der Waals surface area contributed by atoms with E-state index in [1.165, 1.54) is 0 Å². The second-order valence-corrected chi connectivity index (χ2v) is 4.41. The molecular weight excluding hydrogens is 208 g/mol. The highest BCUT2D eigenvalue weighted by atomic mass is 16.5. The van der Waals surface area contributed by atoms with Crippen LogP contribution >= 0.6 is 0 Å².